The molecule has 0 atom stereocenters. The summed E-state index contributed by atoms with van der Waals surface area (Å²) in [5.41, 5.74) is 0.854. The molecule has 166 valence electrons. The molecule has 0 radical (unpaired) electrons. The van der Waals surface area contributed by atoms with Gasteiger partial charge in [0.1, 0.15) is 12.4 Å². The van der Waals surface area contributed by atoms with Gasteiger partial charge in [0, 0.05) is 38.8 Å². The van der Waals surface area contributed by atoms with Gasteiger partial charge >= 0.3 is 5.97 Å². The summed E-state index contributed by atoms with van der Waals surface area (Å²) in [4.78, 5) is 28.1. The molecule has 0 saturated carbocycles. The maximum atomic E-state index is 11.8. The number of likely N-dealkylation sites (N-methyl/N-ethyl adjacent to an activating group) is 1. The minimum absolute atomic E-state index is 0.217. The predicted molar refractivity (Wildman–Crippen MR) is 121 cm³/mol. The van der Waals surface area contributed by atoms with Crippen molar-refractivity contribution in [2.24, 2.45) is 10.2 Å². The molecule has 1 N–H and O–H groups in total. The number of nitrogens with zero attached hydrogens (tertiary/aromatic N) is 4. The zero-order chi connectivity index (χ0) is 22.1. The predicted octanol–water partition coefficient (Wildman–Crippen LogP) is 1.31. The summed E-state index contributed by atoms with van der Waals surface area (Å²) in [5.74, 6) is -0.186. The van der Waals surface area contributed by atoms with E-state index < -0.39 is 11.9 Å². The number of methoxy groups -OCH3 is 1. The van der Waals surface area contributed by atoms with E-state index in [1.807, 2.05) is 24.3 Å². The lowest BCUT2D eigenvalue weighted by Crippen LogP contribution is -2.47. The SMILES string of the molecule is CCN1CCN(CCOc2ccc(C=N/N=C3/NC(=O)/C(=C\C(=O)OC)S3)cc2)CC1. The average molecular weight is 446 g/mol. The third-order valence-corrected chi connectivity index (χ3v) is 5.83. The number of carbonyl (C=O) groups is 2. The Morgan fingerprint density at radius 1 is 1.19 bits per heavy atom. The maximum Gasteiger partial charge on any atom is 0.331 e. The molecule has 2 heterocycles. The average Bonchev–Trinajstić information content (AvgIpc) is 3.14. The zero-order valence-electron chi connectivity index (χ0n) is 17.7. The Kier molecular flexibility index (Phi) is 8.63. The molecule has 9 nitrogen and oxygen atoms in total. The van der Waals surface area contributed by atoms with Crippen molar-refractivity contribution in [3.05, 3.63) is 40.8 Å². The van der Waals surface area contributed by atoms with Gasteiger partial charge in [-0.2, -0.15) is 5.10 Å². The van der Waals surface area contributed by atoms with Crippen LogP contribution >= 0.6 is 11.8 Å². The second kappa shape index (κ2) is 11.6. The minimum atomic E-state index is -0.594. The summed E-state index contributed by atoms with van der Waals surface area (Å²) in [6.45, 7) is 9.33. The van der Waals surface area contributed by atoms with Crippen molar-refractivity contribution in [3.8, 4) is 5.75 Å². The van der Waals surface area contributed by atoms with Crippen LogP contribution in [-0.4, -0.2) is 86.0 Å². The van der Waals surface area contributed by atoms with E-state index in [0.717, 1.165) is 68.4 Å². The molecular weight excluding hydrogens is 418 g/mol. The van der Waals surface area contributed by atoms with E-state index in [1.54, 1.807) is 6.21 Å². The molecule has 0 spiro atoms. The Balaban J connectivity index is 1.42. The van der Waals surface area contributed by atoms with Gasteiger partial charge in [-0.15, -0.1) is 5.10 Å². The number of hydrogen-bond donors (Lipinski definition) is 1. The largest absolute Gasteiger partial charge is 0.492 e. The molecular formula is C21H27N5O4S. The van der Waals surface area contributed by atoms with E-state index in [2.05, 4.69) is 37.0 Å². The number of nitrogens with one attached hydrogen (secondary N) is 1. The summed E-state index contributed by atoms with van der Waals surface area (Å²) in [5, 5.41) is 10.8. The lowest BCUT2D eigenvalue weighted by Gasteiger charge is -2.33. The van der Waals surface area contributed by atoms with Crippen molar-refractivity contribution in [3.63, 3.8) is 0 Å². The quantitative estimate of drug-likeness (QED) is 0.279. The summed E-state index contributed by atoms with van der Waals surface area (Å²) in [6.07, 6.45) is 2.70. The van der Waals surface area contributed by atoms with Crippen LogP contribution in [0.25, 0.3) is 0 Å². The van der Waals surface area contributed by atoms with Gasteiger partial charge < -0.3 is 14.4 Å². The van der Waals surface area contributed by atoms with Crippen LogP contribution < -0.4 is 10.1 Å². The van der Waals surface area contributed by atoms with Crippen LogP contribution in [0.5, 0.6) is 5.75 Å². The van der Waals surface area contributed by atoms with Crippen LogP contribution in [0.3, 0.4) is 0 Å². The molecule has 0 bridgehead atoms. The highest BCUT2D eigenvalue weighted by Crippen LogP contribution is 2.23. The summed E-state index contributed by atoms with van der Waals surface area (Å²) < 4.78 is 10.4. The van der Waals surface area contributed by atoms with Gasteiger partial charge in [0.25, 0.3) is 5.91 Å². The molecule has 2 fully saturated rings. The Morgan fingerprint density at radius 3 is 2.58 bits per heavy atom. The van der Waals surface area contributed by atoms with Crippen LogP contribution in [0.2, 0.25) is 0 Å². The topological polar surface area (TPSA) is 95.8 Å². The van der Waals surface area contributed by atoms with Crippen molar-refractivity contribution in [1.29, 1.82) is 0 Å². The molecule has 2 aliphatic heterocycles. The van der Waals surface area contributed by atoms with Crippen molar-refractivity contribution in [2.45, 2.75) is 6.92 Å². The van der Waals surface area contributed by atoms with Crippen LogP contribution in [0.4, 0.5) is 0 Å². The fourth-order valence-corrected chi connectivity index (χ4v) is 3.80. The Labute approximate surface area is 186 Å². The van der Waals surface area contributed by atoms with Crippen molar-refractivity contribution >= 4 is 35.0 Å². The molecule has 2 saturated heterocycles. The number of thioether (sulfide) groups is 1. The number of amidine groups is 1. The number of esters is 1. The first kappa shape index (κ1) is 23.0. The van der Waals surface area contributed by atoms with Gasteiger partial charge in [-0.05, 0) is 48.1 Å². The molecule has 3 rings (SSSR count). The van der Waals surface area contributed by atoms with Gasteiger partial charge in [-0.1, -0.05) is 6.92 Å². The molecule has 0 aliphatic carbocycles. The molecule has 10 heteroatoms. The maximum absolute atomic E-state index is 11.8. The van der Waals surface area contributed by atoms with Crippen molar-refractivity contribution in [1.82, 2.24) is 15.1 Å². The van der Waals surface area contributed by atoms with Gasteiger partial charge in [0.05, 0.1) is 18.2 Å². The van der Waals surface area contributed by atoms with Gasteiger partial charge in [-0.3, -0.25) is 15.0 Å². The van der Waals surface area contributed by atoms with E-state index in [9.17, 15) is 9.59 Å². The van der Waals surface area contributed by atoms with Crippen LogP contribution in [0.1, 0.15) is 12.5 Å². The lowest BCUT2D eigenvalue weighted by molar-refractivity contribution is -0.135. The molecule has 2 aliphatic rings. The van der Waals surface area contributed by atoms with Crippen LogP contribution in [0.15, 0.2) is 45.4 Å². The summed E-state index contributed by atoms with van der Waals surface area (Å²) >= 11 is 1.03. The smallest absolute Gasteiger partial charge is 0.331 e. The van der Waals surface area contributed by atoms with Gasteiger partial charge in [0.15, 0.2) is 5.17 Å². The normalized spacial score (nSPS) is 20.5. The van der Waals surface area contributed by atoms with Crippen LogP contribution in [-0.2, 0) is 14.3 Å². The Morgan fingerprint density at radius 2 is 1.90 bits per heavy atom. The molecule has 0 unspecified atom stereocenters. The lowest BCUT2D eigenvalue weighted by atomic mass is 10.2. The first-order valence-electron chi connectivity index (χ1n) is 10.1. The highest BCUT2D eigenvalue weighted by atomic mass is 32.2. The van der Waals surface area contributed by atoms with E-state index in [0.29, 0.717) is 11.8 Å². The second-order valence-electron chi connectivity index (χ2n) is 6.93. The Bertz CT molecular complexity index is 861. The Hall–Kier alpha value is -2.69. The fraction of sp³-hybridized carbons (Fsp3) is 0.429. The summed E-state index contributed by atoms with van der Waals surface area (Å²) in [7, 11) is 1.25. The van der Waals surface area contributed by atoms with E-state index in [-0.39, 0.29) is 4.91 Å². The van der Waals surface area contributed by atoms with E-state index >= 15 is 0 Å². The number of ether oxygens (including phenoxy) is 2. The molecule has 1 aromatic carbocycles. The third kappa shape index (κ3) is 7.20. The number of carbonyl (C=O) groups excluding carboxylic acids is 2. The summed E-state index contributed by atoms with van der Waals surface area (Å²) in [6, 6.07) is 7.57. The number of benzene rings is 1. The number of piperazine rings is 1. The van der Waals surface area contributed by atoms with Gasteiger partial charge in [0.2, 0.25) is 0 Å². The standard InChI is InChI=1S/C21H27N5O4S/c1-3-25-8-10-26(11-9-25)12-13-30-17-6-4-16(5-7-17)15-22-24-21-23-20(28)18(31-21)14-19(27)29-2/h4-7,14-15H,3,8-13H2,1-2H3,(H,23,24,28)/b18-14+,22-15?. The number of hydrogen-bond acceptors (Lipinski definition) is 9. The molecule has 1 aromatic rings. The number of amides is 1. The molecule has 31 heavy (non-hydrogen) atoms. The molecule has 1 amide bonds. The zero-order valence-corrected chi connectivity index (χ0v) is 18.6. The first-order chi connectivity index (χ1) is 15.1. The van der Waals surface area contributed by atoms with E-state index in [4.69, 9.17) is 4.74 Å². The van der Waals surface area contributed by atoms with Gasteiger partial charge in [-0.25, -0.2) is 4.79 Å². The second-order valence-corrected chi connectivity index (χ2v) is 7.96. The first-order valence-corrected chi connectivity index (χ1v) is 11.0. The monoisotopic (exact) mass is 445 g/mol. The third-order valence-electron chi connectivity index (χ3n) is 4.92. The number of rotatable bonds is 8. The minimum Gasteiger partial charge on any atom is -0.492 e. The molecule has 0 aromatic heterocycles. The van der Waals surface area contributed by atoms with E-state index in [1.165, 1.54) is 7.11 Å². The highest BCUT2D eigenvalue weighted by molar-refractivity contribution is 8.18. The van der Waals surface area contributed by atoms with Crippen LogP contribution in [0, 0.1) is 0 Å². The fourth-order valence-electron chi connectivity index (χ4n) is 3.06. The van der Waals surface area contributed by atoms with Crippen molar-refractivity contribution in [2.75, 3.05) is 53.0 Å². The highest BCUT2D eigenvalue weighted by Gasteiger charge is 2.25. The van der Waals surface area contributed by atoms with Crippen molar-refractivity contribution < 1.29 is 19.1 Å².